The highest BCUT2D eigenvalue weighted by molar-refractivity contribution is 14.1. The predicted molar refractivity (Wildman–Crippen MR) is 94.0 cm³/mol. The molecule has 0 spiro atoms. The highest BCUT2D eigenvalue weighted by Gasteiger charge is 2.12. The molecule has 2 rings (SSSR count). The van der Waals surface area contributed by atoms with E-state index in [-0.39, 0.29) is 0 Å². The van der Waals surface area contributed by atoms with Gasteiger partial charge >= 0.3 is 6.03 Å². The molecular weight excluding hydrogens is 434 g/mol. The van der Waals surface area contributed by atoms with Gasteiger partial charge in [-0.05, 0) is 58.8 Å². The average Bonchev–Trinajstić information content (AvgIpc) is 2.56. The number of carbonyl (C=O) groups is 2. The number of rotatable bonds is 4. The molecule has 120 valence electrons. The maximum absolute atomic E-state index is 13.7. The number of halogens is 2. The molecule has 2 aromatic rings. The van der Waals surface area contributed by atoms with E-state index in [1.165, 1.54) is 13.2 Å². The summed E-state index contributed by atoms with van der Waals surface area (Å²) >= 11 is 2.71. The highest BCUT2D eigenvalue weighted by Crippen LogP contribution is 2.29. The molecule has 0 fully saturated rings. The Balaban J connectivity index is 1.94. The molecule has 0 saturated carbocycles. The third kappa shape index (κ3) is 4.83. The largest absolute Gasteiger partial charge is 0.495 e. The molecule has 2 aromatic carbocycles. The fraction of sp³-hybridized carbons (Fsp3) is 0.0667. The molecule has 0 unspecified atom stereocenters. The van der Waals surface area contributed by atoms with Gasteiger partial charge in [0.2, 0.25) is 0 Å². The van der Waals surface area contributed by atoms with Crippen molar-refractivity contribution in [1.29, 1.82) is 0 Å². The first-order valence-corrected chi connectivity index (χ1v) is 8.27. The molecule has 0 aliphatic carbocycles. The summed E-state index contributed by atoms with van der Waals surface area (Å²) in [5.74, 6) is -0.597. The van der Waals surface area contributed by atoms with Crippen LogP contribution in [0.15, 0.2) is 47.4 Å². The molecule has 2 N–H and O–H groups in total. The van der Waals surface area contributed by atoms with Crippen molar-refractivity contribution in [3.05, 3.63) is 57.4 Å². The number of ether oxygens (including phenoxy) is 1. The maximum atomic E-state index is 13.7. The second kappa shape index (κ2) is 8.16. The van der Waals surface area contributed by atoms with Crippen LogP contribution in [0.2, 0.25) is 0 Å². The third-order valence-electron chi connectivity index (χ3n) is 2.71. The van der Waals surface area contributed by atoms with Crippen LogP contribution < -0.4 is 14.8 Å². The summed E-state index contributed by atoms with van der Waals surface area (Å²) in [7, 11) is 1.43. The van der Waals surface area contributed by atoms with Crippen molar-refractivity contribution in [2.45, 2.75) is 4.90 Å². The molecule has 0 aliphatic rings. The van der Waals surface area contributed by atoms with Crippen LogP contribution in [0.1, 0.15) is 10.4 Å². The number of carbonyl (C=O) groups excluding carboxylic acids is 2. The molecule has 23 heavy (non-hydrogen) atoms. The lowest BCUT2D eigenvalue weighted by Crippen LogP contribution is -2.36. The minimum absolute atomic E-state index is 0.359. The SMILES string of the molecule is COc1cc(SNC(=O)NC(=O)c2ccccc2)cc(F)c1I. The lowest BCUT2D eigenvalue weighted by Gasteiger charge is -2.09. The van der Waals surface area contributed by atoms with Crippen LogP contribution in [0.25, 0.3) is 0 Å². The Labute approximate surface area is 150 Å². The fourth-order valence-electron chi connectivity index (χ4n) is 1.64. The Morgan fingerprint density at radius 2 is 1.91 bits per heavy atom. The van der Waals surface area contributed by atoms with Gasteiger partial charge in [0.05, 0.1) is 10.7 Å². The van der Waals surface area contributed by atoms with E-state index < -0.39 is 17.8 Å². The zero-order valence-electron chi connectivity index (χ0n) is 11.9. The minimum atomic E-state index is -0.693. The summed E-state index contributed by atoms with van der Waals surface area (Å²) in [6, 6.07) is 10.5. The summed E-state index contributed by atoms with van der Waals surface area (Å²) in [4.78, 5) is 24.0. The average molecular weight is 446 g/mol. The number of methoxy groups -OCH3 is 1. The second-order valence-electron chi connectivity index (χ2n) is 4.27. The van der Waals surface area contributed by atoms with Crippen molar-refractivity contribution in [2.24, 2.45) is 0 Å². The van der Waals surface area contributed by atoms with Crippen LogP contribution in [-0.2, 0) is 0 Å². The number of amides is 3. The van der Waals surface area contributed by atoms with Gasteiger partial charge in [0, 0.05) is 10.5 Å². The molecule has 8 heteroatoms. The zero-order valence-corrected chi connectivity index (χ0v) is 14.9. The molecule has 0 aromatic heterocycles. The van der Waals surface area contributed by atoms with Crippen molar-refractivity contribution in [3.8, 4) is 5.75 Å². The number of hydrogen-bond donors (Lipinski definition) is 2. The third-order valence-corrected chi connectivity index (χ3v) is 4.52. The first-order valence-electron chi connectivity index (χ1n) is 6.37. The van der Waals surface area contributed by atoms with Crippen LogP contribution in [0, 0.1) is 9.39 Å². The zero-order chi connectivity index (χ0) is 16.8. The van der Waals surface area contributed by atoms with Crippen molar-refractivity contribution in [2.75, 3.05) is 7.11 Å². The van der Waals surface area contributed by atoms with Gasteiger partial charge in [-0.1, -0.05) is 18.2 Å². The quantitative estimate of drug-likeness (QED) is 0.557. The Kier molecular flexibility index (Phi) is 6.22. The van der Waals surface area contributed by atoms with E-state index in [2.05, 4.69) is 10.0 Å². The minimum Gasteiger partial charge on any atom is -0.495 e. The molecule has 0 atom stereocenters. The summed E-state index contributed by atoms with van der Waals surface area (Å²) in [5.41, 5.74) is 0.370. The molecule has 3 amide bonds. The Morgan fingerprint density at radius 3 is 2.57 bits per heavy atom. The summed E-state index contributed by atoms with van der Waals surface area (Å²) < 4.78 is 21.5. The lowest BCUT2D eigenvalue weighted by molar-refractivity contribution is 0.0965. The highest BCUT2D eigenvalue weighted by atomic mass is 127. The van der Waals surface area contributed by atoms with Crippen molar-refractivity contribution >= 4 is 46.5 Å². The number of imide groups is 1. The number of urea groups is 1. The molecule has 0 heterocycles. The van der Waals surface area contributed by atoms with Gasteiger partial charge in [-0.25, -0.2) is 9.18 Å². The predicted octanol–water partition coefficient (Wildman–Crippen LogP) is 3.59. The summed E-state index contributed by atoms with van der Waals surface area (Å²) in [6.07, 6.45) is 0. The van der Waals surface area contributed by atoms with Crippen molar-refractivity contribution in [1.82, 2.24) is 10.0 Å². The van der Waals surface area contributed by atoms with Crippen LogP contribution >= 0.6 is 34.5 Å². The second-order valence-corrected chi connectivity index (χ2v) is 6.23. The van der Waals surface area contributed by atoms with E-state index in [1.807, 2.05) is 22.6 Å². The van der Waals surface area contributed by atoms with E-state index in [0.29, 0.717) is 19.8 Å². The van der Waals surface area contributed by atoms with Crippen LogP contribution in [0.3, 0.4) is 0 Å². The first kappa shape index (κ1) is 17.5. The number of benzene rings is 2. The molecule has 0 aliphatic heterocycles. The van der Waals surface area contributed by atoms with Gasteiger partial charge in [0.25, 0.3) is 5.91 Å². The van der Waals surface area contributed by atoms with E-state index in [9.17, 15) is 14.0 Å². The fourth-order valence-corrected chi connectivity index (χ4v) is 2.76. The van der Waals surface area contributed by atoms with Crippen LogP contribution in [0.5, 0.6) is 5.75 Å². The molecule has 0 bridgehead atoms. The summed E-state index contributed by atoms with van der Waals surface area (Å²) in [5, 5.41) is 2.18. The van der Waals surface area contributed by atoms with E-state index in [0.717, 1.165) is 11.9 Å². The Hall–Kier alpha value is -1.81. The van der Waals surface area contributed by atoms with Gasteiger partial charge in [-0.2, -0.15) is 0 Å². The molecule has 0 saturated heterocycles. The molecule has 5 nitrogen and oxygen atoms in total. The Morgan fingerprint density at radius 1 is 1.22 bits per heavy atom. The van der Waals surface area contributed by atoms with Gasteiger partial charge < -0.3 is 4.74 Å². The van der Waals surface area contributed by atoms with Crippen LogP contribution in [0.4, 0.5) is 9.18 Å². The van der Waals surface area contributed by atoms with Crippen molar-refractivity contribution in [3.63, 3.8) is 0 Å². The standard InChI is InChI=1S/C15H12FIN2O3S/c1-22-12-8-10(7-11(16)13(12)17)23-19-15(21)18-14(20)9-5-3-2-4-6-9/h2-8H,1H3,(H2,18,19,20,21). The molecular formula is C15H12FIN2O3S. The van der Waals surface area contributed by atoms with Gasteiger partial charge in [-0.15, -0.1) is 0 Å². The van der Waals surface area contributed by atoms with Gasteiger partial charge in [-0.3, -0.25) is 14.8 Å². The number of hydrogen-bond acceptors (Lipinski definition) is 4. The van der Waals surface area contributed by atoms with Gasteiger partial charge in [0.15, 0.2) is 0 Å². The number of nitrogens with one attached hydrogen (secondary N) is 2. The lowest BCUT2D eigenvalue weighted by atomic mass is 10.2. The smallest absolute Gasteiger partial charge is 0.331 e. The van der Waals surface area contributed by atoms with E-state index in [1.54, 1.807) is 36.4 Å². The topological polar surface area (TPSA) is 67.4 Å². The Bertz CT molecular complexity index is 728. The summed E-state index contributed by atoms with van der Waals surface area (Å²) in [6.45, 7) is 0. The van der Waals surface area contributed by atoms with Crippen molar-refractivity contribution < 1.29 is 18.7 Å². The molecule has 0 radical (unpaired) electrons. The van der Waals surface area contributed by atoms with E-state index in [4.69, 9.17) is 4.74 Å². The first-order chi connectivity index (χ1) is 11.0. The van der Waals surface area contributed by atoms with Gasteiger partial charge in [0.1, 0.15) is 11.6 Å². The van der Waals surface area contributed by atoms with E-state index >= 15 is 0 Å². The maximum Gasteiger partial charge on any atom is 0.331 e. The van der Waals surface area contributed by atoms with Crippen LogP contribution in [-0.4, -0.2) is 19.0 Å². The monoisotopic (exact) mass is 446 g/mol. The normalized spacial score (nSPS) is 10.0.